The highest BCUT2D eigenvalue weighted by Crippen LogP contribution is 2.21. The predicted molar refractivity (Wildman–Crippen MR) is 86.8 cm³/mol. The summed E-state index contributed by atoms with van der Waals surface area (Å²) in [6.07, 6.45) is 0. The second kappa shape index (κ2) is 6.37. The highest BCUT2D eigenvalue weighted by atomic mass is 35.5. The van der Waals surface area contributed by atoms with Crippen LogP contribution in [0.25, 0.3) is 0 Å². The Morgan fingerprint density at radius 1 is 1.14 bits per heavy atom. The largest absolute Gasteiger partial charge is 0.355 e. The van der Waals surface area contributed by atoms with Gasteiger partial charge in [-0.25, -0.2) is 8.42 Å². The predicted octanol–water partition coefficient (Wildman–Crippen LogP) is 2.81. The van der Waals surface area contributed by atoms with Crippen molar-refractivity contribution in [3.8, 4) is 0 Å². The number of anilines is 1. The van der Waals surface area contributed by atoms with E-state index in [0.717, 1.165) is 0 Å². The Kier molecular flexibility index (Phi) is 4.73. The molecule has 0 atom stereocenters. The van der Waals surface area contributed by atoms with Gasteiger partial charge in [-0.3, -0.25) is 9.52 Å². The number of sulfonamides is 1. The zero-order valence-electron chi connectivity index (χ0n) is 12.1. The monoisotopic (exact) mass is 338 g/mol. The number of benzene rings is 2. The van der Waals surface area contributed by atoms with E-state index >= 15 is 0 Å². The van der Waals surface area contributed by atoms with Crippen molar-refractivity contribution in [2.45, 2.75) is 11.8 Å². The molecule has 0 saturated heterocycles. The summed E-state index contributed by atoms with van der Waals surface area (Å²) in [5, 5.41) is 2.91. The number of halogens is 1. The molecule has 22 heavy (non-hydrogen) atoms. The number of carbonyl (C=O) groups excluding carboxylic acids is 1. The molecule has 2 aromatic carbocycles. The van der Waals surface area contributed by atoms with Crippen molar-refractivity contribution in [2.75, 3.05) is 11.8 Å². The summed E-state index contributed by atoms with van der Waals surface area (Å²) in [5.41, 5.74) is 1.37. The number of hydrogen-bond acceptors (Lipinski definition) is 3. The van der Waals surface area contributed by atoms with E-state index in [4.69, 9.17) is 11.6 Å². The molecular formula is C15H15ClN2O3S. The summed E-state index contributed by atoms with van der Waals surface area (Å²) in [4.78, 5) is 11.8. The minimum Gasteiger partial charge on any atom is -0.355 e. The van der Waals surface area contributed by atoms with Gasteiger partial charge in [-0.15, -0.1) is 0 Å². The average molecular weight is 339 g/mol. The molecule has 116 valence electrons. The van der Waals surface area contributed by atoms with Gasteiger partial charge in [0.2, 0.25) is 0 Å². The Morgan fingerprint density at radius 3 is 2.50 bits per heavy atom. The standard InChI is InChI=1S/C15H15ClN2O3S/c1-10-6-7-13(9-14(10)15(19)17-2)22(20,21)18-12-5-3-4-11(16)8-12/h3-9,18H,1-2H3,(H,17,19). The Bertz CT molecular complexity index is 819. The summed E-state index contributed by atoms with van der Waals surface area (Å²) in [7, 11) is -2.31. The third-order valence-electron chi connectivity index (χ3n) is 3.07. The van der Waals surface area contributed by atoms with Crippen molar-refractivity contribution >= 4 is 33.2 Å². The van der Waals surface area contributed by atoms with Gasteiger partial charge in [-0.05, 0) is 42.8 Å². The van der Waals surface area contributed by atoms with Gasteiger partial charge in [0.05, 0.1) is 10.6 Å². The van der Waals surface area contributed by atoms with Crippen LogP contribution in [-0.4, -0.2) is 21.4 Å². The van der Waals surface area contributed by atoms with Crippen LogP contribution in [0.2, 0.25) is 5.02 Å². The molecule has 0 radical (unpaired) electrons. The van der Waals surface area contributed by atoms with Crippen LogP contribution in [0.3, 0.4) is 0 Å². The number of hydrogen-bond donors (Lipinski definition) is 2. The highest BCUT2D eigenvalue weighted by Gasteiger charge is 2.17. The first-order chi connectivity index (χ1) is 10.3. The second-order valence-electron chi connectivity index (χ2n) is 4.67. The summed E-state index contributed by atoms with van der Waals surface area (Å²) in [6.45, 7) is 1.74. The van der Waals surface area contributed by atoms with E-state index in [-0.39, 0.29) is 10.8 Å². The topological polar surface area (TPSA) is 75.3 Å². The van der Waals surface area contributed by atoms with E-state index in [9.17, 15) is 13.2 Å². The molecule has 0 aliphatic rings. The fourth-order valence-electron chi connectivity index (χ4n) is 1.91. The number of nitrogens with one attached hydrogen (secondary N) is 2. The molecule has 0 unspecified atom stereocenters. The molecule has 0 aliphatic carbocycles. The lowest BCUT2D eigenvalue weighted by molar-refractivity contribution is 0.0962. The first-order valence-corrected chi connectivity index (χ1v) is 8.31. The molecule has 0 heterocycles. The van der Waals surface area contributed by atoms with Gasteiger partial charge in [-0.2, -0.15) is 0 Å². The molecule has 1 amide bonds. The van der Waals surface area contributed by atoms with Crippen LogP contribution >= 0.6 is 11.6 Å². The number of rotatable bonds is 4. The Balaban J connectivity index is 2.39. The molecule has 0 fully saturated rings. The second-order valence-corrected chi connectivity index (χ2v) is 6.79. The van der Waals surface area contributed by atoms with Crippen LogP contribution in [0, 0.1) is 6.92 Å². The lowest BCUT2D eigenvalue weighted by Crippen LogP contribution is -2.20. The van der Waals surface area contributed by atoms with Crippen LogP contribution in [0.5, 0.6) is 0 Å². The summed E-state index contributed by atoms with van der Waals surface area (Å²) < 4.78 is 27.2. The zero-order chi connectivity index (χ0) is 16.3. The average Bonchev–Trinajstić information content (AvgIpc) is 2.46. The van der Waals surface area contributed by atoms with E-state index in [1.807, 2.05) is 0 Å². The lowest BCUT2D eigenvalue weighted by atomic mass is 10.1. The third-order valence-corrected chi connectivity index (χ3v) is 4.68. The van der Waals surface area contributed by atoms with E-state index in [2.05, 4.69) is 10.0 Å². The van der Waals surface area contributed by atoms with Crippen molar-refractivity contribution in [2.24, 2.45) is 0 Å². The van der Waals surface area contributed by atoms with Gasteiger partial charge in [0.25, 0.3) is 15.9 Å². The molecule has 0 spiro atoms. The fourth-order valence-corrected chi connectivity index (χ4v) is 3.18. The van der Waals surface area contributed by atoms with Crippen LogP contribution in [0.1, 0.15) is 15.9 Å². The maximum absolute atomic E-state index is 12.4. The zero-order valence-corrected chi connectivity index (χ0v) is 13.6. The number of carbonyl (C=O) groups is 1. The quantitative estimate of drug-likeness (QED) is 0.900. The van der Waals surface area contributed by atoms with E-state index < -0.39 is 10.0 Å². The van der Waals surface area contributed by atoms with Crippen molar-refractivity contribution in [1.29, 1.82) is 0 Å². The van der Waals surface area contributed by atoms with Crippen molar-refractivity contribution in [3.63, 3.8) is 0 Å². The minimum atomic E-state index is -3.80. The van der Waals surface area contributed by atoms with Gasteiger partial charge in [0, 0.05) is 17.6 Å². The van der Waals surface area contributed by atoms with Crippen LogP contribution in [0.15, 0.2) is 47.4 Å². The van der Waals surface area contributed by atoms with Crippen LogP contribution in [-0.2, 0) is 10.0 Å². The van der Waals surface area contributed by atoms with Gasteiger partial charge in [0.1, 0.15) is 0 Å². The van der Waals surface area contributed by atoms with Crippen LogP contribution in [0.4, 0.5) is 5.69 Å². The SMILES string of the molecule is CNC(=O)c1cc(S(=O)(=O)Nc2cccc(Cl)c2)ccc1C. The number of aryl methyl sites for hydroxylation is 1. The van der Waals surface area contributed by atoms with E-state index in [1.54, 1.807) is 31.2 Å². The third kappa shape index (κ3) is 3.58. The van der Waals surface area contributed by atoms with Crippen LogP contribution < -0.4 is 10.0 Å². The first kappa shape index (κ1) is 16.3. The molecule has 2 rings (SSSR count). The molecule has 2 N–H and O–H groups in total. The Labute approximate surface area is 134 Å². The Morgan fingerprint density at radius 2 is 1.86 bits per heavy atom. The smallest absolute Gasteiger partial charge is 0.261 e. The highest BCUT2D eigenvalue weighted by molar-refractivity contribution is 7.92. The van der Waals surface area contributed by atoms with Crippen molar-refractivity contribution < 1.29 is 13.2 Å². The maximum atomic E-state index is 12.4. The first-order valence-electron chi connectivity index (χ1n) is 6.44. The maximum Gasteiger partial charge on any atom is 0.261 e. The number of amides is 1. The molecule has 0 saturated carbocycles. The minimum absolute atomic E-state index is 0.0108. The molecule has 2 aromatic rings. The van der Waals surface area contributed by atoms with E-state index in [1.165, 1.54) is 25.2 Å². The van der Waals surface area contributed by atoms with Gasteiger partial charge >= 0.3 is 0 Å². The molecule has 0 bridgehead atoms. The normalized spacial score (nSPS) is 11.0. The summed E-state index contributed by atoms with van der Waals surface area (Å²) in [5.74, 6) is -0.336. The molecule has 0 aromatic heterocycles. The molecular weight excluding hydrogens is 324 g/mol. The van der Waals surface area contributed by atoms with Gasteiger partial charge in [0.15, 0.2) is 0 Å². The van der Waals surface area contributed by atoms with Crippen molar-refractivity contribution in [3.05, 3.63) is 58.6 Å². The fraction of sp³-hybridized carbons (Fsp3) is 0.133. The van der Waals surface area contributed by atoms with Crippen molar-refractivity contribution in [1.82, 2.24) is 5.32 Å². The van der Waals surface area contributed by atoms with Gasteiger partial charge < -0.3 is 5.32 Å². The molecule has 0 aliphatic heterocycles. The molecule has 7 heteroatoms. The molecule has 5 nitrogen and oxygen atoms in total. The summed E-state index contributed by atoms with van der Waals surface area (Å²) >= 11 is 5.84. The lowest BCUT2D eigenvalue weighted by Gasteiger charge is -2.11. The van der Waals surface area contributed by atoms with Gasteiger partial charge in [-0.1, -0.05) is 23.7 Å². The van der Waals surface area contributed by atoms with E-state index in [0.29, 0.717) is 21.8 Å². The Hall–Kier alpha value is -2.05. The summed E-state index contributed by atoms with van der Waals surface area (Å²) in [6, 6.07) is 10.8.